The van der Waals surface area contributed by atoms with Crippen molar-refractivity contribution in [2.75, 3.05) is 0 Å². The number of benzene rings is 1. The van der Waals surface area contributed by atoms with Crippen LogP contribution in [0, 0.1) is 10.5 Å². The van der Waals surface area contributed by atoms with Crippen LogP contribution in [0.25, 0.3) is 0 Å². The van der Waals surface area contributed by atoms with Crippen molar-refractivity contribution in [1.82, 2.24) is 0 Å². The van der Waals surface area contributed by atoms with Gasteiger partial charge < -0.3 is 5.73 Å². The molecule has 2 N–H and O–H groups in total. The SMILES string of the molecule is CC[C@H](N)c1cc(I)ccc1C. The van der Waals surface area contributed by atoms with E-state index in [4.69, 9.17) is 5.73 Å². The van der Waals surface area contributed by atoms with Gasteiger partial charge in [-0.05, 0) is 59.2 Å². The van der Waals surface area contributed by atoms with Gasteiger partial charge in [-0.2, -0.15) is 0 Å². The van der Waals surface area contributed by atoms with E-state index in [-0.39, 0.29) is 6.04 Å². The molecular formula is C10H14IN. The lowest BCUT2D eigenvalue weighted by Gasteiger charge is -2.12. The standard InChI is InChI=1S/C10H14IN/c1-3-10(12)9-6-8(11)5-4-7(9)2/h4-6,10H,3,12H2,1-2H3/t10-/m0/s1. The molecular weight excluding hydrogens is 261 g/mol. The topological polar surface area (TPSA) is 26.0 Å². The summed E-state index contributed by atoms with van der Waals surface area (Å²) < 4.78 is 1.26. The summed E-state index contributed by atoms with van der Waals surface area (Å²) in [5.41, 5.74) is 8.54. The van der Waals surface area contributed by atoms with Crippen molar-refractivity contribution in [1.29, 1.82) is 0 Å². The molecule has 0 saturated heterocycles. The fourth-order valence-corrected chi connectivity index (χ4v) is 1.75. The van der Waals surface area contributed by atoms with Gasteiger partial charge in [0.1, 0.15) is 0 Å². The fraction of sp³-hybridized carbons (Fsp3) is 0.400. The molecule has 0 spiro atoms. The molecule has 66 valence electrons. The summed E-state index contributed by atoms with van der Waals surface area (Å²) in [6.45, 7) is 4.23. The molecule has 0 aromatic heterocycles. The van der Waals surface area contributed by atoms with Gasteiger partial charge in [-0.15, -0.1) is 0 Å². The number of rotatable bonds is 2. The van der Waals surface area contributed by atoms with Crippen LogP contribution in [-0.4, -0.2) is 0 Å². The minimum atomic E-state index is 0.194. The molecule has 1 nitrogen and oxygen atoms in total. The van der Waals surface area contributed by atoms with Crippen LogP contribution in [0.2, 0.25) is 0 Å². The zero-order valence-electron chi connectivity index (χ0n) is 7.47. The second-order valence-corrected chi connectivity index (χ2v) is 4.26. The van der Waals surface area contributed by atoms with E-state index in [0.717, 1.165) is 6.42 Å². The minimum absolute atomic E-state index is 0.194. The monoisotopic (exact) mass is 275 g/mol. The van der Waals surface area contributed by atoms with Gasteiger partial charge in [0.2, 0.25) is 0 Å². The Bertz CT molecular complexity index is 271. The van der Waals surface area contributed by atoms with E-state index in [2.05, 4.69) is 54.6 Å². The van der Waals surface area contributed by atoms with E-state index in [0.29, 0.717) is 0 Å². The fourth-order valence-electron chi connectivity index (χ4n) is 1.23. The lowest BCUT2D eigenvalue weighted by molar-refractivity contribution is 0.693. The van der Waals surface area contributed by atoms with E-state index >= 15 is 0 Å². The summed E-state index contributed by atoms with van der Waals surface area (Å²) in [5, 5.41) is 0. The third kappa shape index (κ3) is 2.20. The average molecular weight is 275 g/mol. The summed E-state index contributed by atoms with van der Waals surface area (Å²) in [6.07, 6.45) is 1.00. The van der Waals surface area contributed by atoms with Crippen molar-refractivity contribution in [3.8, 4) is 0 Å². The summed E-state index contributed by atoms with van der Waals surface area (Å²) in [4.78, 5) is 0. The maximum atomic E-state index is 5.96. The normalized spacial score (nSPS) is 13.0. The molecule has 1 atom stereocenters. The Balaban J connectivity index is 3.04. The lowest BCUT2D eigenvalue weighted by atomic mass is 10.0. The highest BCUT2D eigenvalue weighted by molar-refractivity contribution is 14.1. The van der Waals surface area contributed by atoms with Crippen LogP contribution in [0.15, 0.2) is 18.2 Å². The highest BCUT2D eigenvalue weighted by Crippen LogP contribution is 2.20. The molecule has 0 saturated carbocycles. The van der Waals surface area contributed by atoms with Crippen LogP contribution in [0.4, 0.5) is 0 Å². The minimum Gasteiger partial charge on any atom is -0.324 e. The molecule has 0 bridgehead atoms. The molecule has 0 amide bonds. The Kier molecular flexibility index (Phi) is 3.53. The highest BCUT2D eigenvalue weighted by atomic mass is 127. The van der Waals surface area contributed by atoms with Gasteiger partial charge in [-0.3, -0.25) is 0 Å². The molecule has 1 rings (SSSR count). The van der Waals surface area contributed by atoms with Gasteiger partial charge in [-0.1, -0.05) is 13.0 Å². The second-order valence-electron chi connectivity index (χ2n) is 3.02. The van der Waals surface area contributed by atoms with E-state index in [1.807, 2.05) is 0 Å². The first-order valence-electron chi connectivity index (χ1n) is 4.16. The third-order valence-corrected chi connectivity index (χ3v) is 2.75. The summed E-state index contributed by atoms with van der Waals surface area (Å²) in [5.74, 6) is 0. The molecule has 0 unspecified atom stereocenters. The predicted molar refractivity (Wildman–Crippen MR) is 61.1 cm³/mol. The molecule has 0 radical (unpaired) electrons. The molecule has 0 aliphatic heterocycles. The highest BCUT2D eigenvalue weighted by Gasteiger charge is 2.06. The van der Waals surface area contributed by atoms with Gasteiger partial charge in [-0.25, -0.2) is 0 Å². The van der Waals surface area contributed by atoms with Gasteiger partial charge >= 0.3 is 0 Å². The quantitative estimate of drug-likeness (QED) is 0.825. The number of nitrogens with two attached hydrogens (primary N) is 1. The zero-order valence-corrected chi connectivity index (χ0v) is 9.63. The summed E-state index contributed by atoms with van der Waals surface area (Å²) >= 11 is 2.32. The first kappa shape index (κ1) is 9.99. The molecule has 0 heterocycles. The third-order valence-electron chi connectivity index (χ3n) is 2.08. The number of halogens is 1. The maximum Gasteiger partial charge on any atom is 0.0295 e. The van der Waals surface area contributed by atoms with Crippen molar-refractivity contribution in [2.45, 2.75) is 26.3 Å². The number of hydrogen-bond acceptors (Lipinski definition) is 1. The van der Waals surface area contributed by atoms with E-state index in [9.17, 15) is 0 Å². The van der Waals surface area contributed by atoms with Crippen molar-refractivity contribution < 1.29 is 0 Å². The van der Waals surface area contributed by atoms with E-state index in [1.165, 1.54) is 14.7 Å². The Morgan fingerprint density at radius 3 is 2.75 bits per heavy atom. The molecule has 2 heteroatoms. The average Bonchev–Trinajstić information content (AvgIpc) is 2.08. The molecule has 1 aromatic carbocycles. The smallest absolute Gasteiger partial charge is 0.0295 e. The molecule has 0 aliphatic carbocycles. The van der Waals surface area contributed by atoms with Gasteiger partial charge in [0.05, 0.1) is 0 Å². The van der Waals surface area contributed by atoms with Crippen LogP contribution >= 0.6 is 22.6 Å². The Morgan fingerprint density at radius 2 is 2.17 bits per heavy atom. The molecule has 1 aromatic rings. The van der Waals surface area contributed by atoms with Crippen LogP contribution in [0.3, 0.4) is 0 Å². The van der Waals surface area contributed by atoms with Crippen LogP contribution < -0.4 is 5.73 Å². The number of hydrogen-bond donors (Lipinski definition) is 1. The van der Waals surface area contributed by atoms with Crippen molar-refractivity contribution >= 4 is 22.6 Å². The largest absolute Gasteiger partial charge is 0.324 e. The molecule has 0 aliphatic rings. The van der Waals surface area contributed by atoms with Crippen molar-refractivity contribution in [2.24, 2.45) is 5.73 Å². The van der Waals surface area contributed by atoms with Gasteiger partial charge in [0.15, 0.2) is 0 Å². The van der Waals surface area contributed by atoms with Crippen molar-refractivity contribution in [3.05, 3.63) is 32.9 Å². The Morgan fingerprint density at radius 1 is 1.50 bits per heavy atom. The van der Waals surface area contributed by atoms with Crippen LogP contribution in [-0.2, 0) is 0 Å². The maximum absolute atomic E-state index is 5.96. The Labute approximate surface area is 87.5 Å². The molecule has 0 fully saturated rings. The first-order chi connectivity index (χ1) is 5.65. The van der Waals surface area contributed by atoms with E-state index < -0.39 is 0 Å². The molecule has 12 heavy (non-hydrogen) atoms. The lowest BCUT2D eigenvalue weighted by Crippen LogP contribution is -2.10. The second kappa shape index (κ2) is 4.23. The predicted octanol–water partition coefficient (Wildman–Crippen LogP) is 3.01. The van der Waals surface area contributed by atoms with Gasteiger partial charge in [0, 0.05) is 9.61 Å². The van der Waals surface area contributed by atoms with E-state index in [1.54, 1.807) is 0 Å². The van der Waals surface area contributed by atoms with Gasteiger partial charge in [0.25, 0.3) is 0 Å². The number of aryl methyl sites for hydroxylation is 1. The summed E-state index contributed by atoms with van der Waals surface area (Å²) in [6, 6.07) is 6.61. The summed E-state index contributed by atoms with van der Waals surface area (Å²) in [7, 11) is 0. The van der Waals surface area contributed by atoms with Crippen molar-refractivity contribution in [3.63, 3.8) is 0 Å². The van der Waals surface area contributed by atoms with Crippen LogP contribution in [0.1, 0.15) is 30.5 Å². The first-order valence-corrected chi connectivity index (χ1v) is 5.24. The Hall–Kier alpha value is -0.0900. The van der Waals surface area contributed by atoms with Crippen LogP contribution in [0.5, 0.6) is 0 Å². The zero-order chi connectivity index (χ0) is 9.14.